The number of nitrogens with zero attached hydrogens (tertiary/aromatic N) is 6. The molecule has 0 aliphatic carbocycles. The lowest BCUT2D eigenvalue weighted by Gasteiger charge is -2.10. The molecule has 0 radical (unpaired) electrons. The first-order valence-corrected chi connectivity index (χ1v) is 13.5. The molecule has 2 N–H and O–H groups in total. The molecule has 3 aromatic heterocycles. The quantitative estimate of drug-likeness (QED) is 0.230. The standard InChI is InChI=1S/C24H24N8O3S2/c1-4-12-32-23(18-6-5-11-25-14-18)29-30-24(32)36-15-22(33)28-19-7-9-20(10-8-19)37(34,35)31-21-13-16(2)26-17(3)27-21/h4-11,13-14H,1,12,15H2,2-3H3,(H,28,33)(H,26,27,31). The van der Waals surface area contributed by atoms with Crippen LogP contribution in [0.3, 0.4) is 0 Å². The number of hydrogen-bond donors (Lipinski definition) is 2. The number of benzene rings is 1. The second kappa shape index (κ2) is 11.3. The summed E-state index contributed by atoms with van der Waals surface area (Å²) in [5, 5.41) is 11.8. The van der Waals surface area contributed by atoms with E-state index in [2.05, 4.69) is 41.8 Å². The van der Waals surface area contributed by atoms with E-state index in [1.54, 1.807) is 38.4 Å². The maximum Gasteiger partial charge on any atom is 0.263 e. The number of aromatic nitrogens is 6. The number of thioether (sulfide) groups is 1. The van der Waals surface area contributed by atoms with Crippen LogP contribution in [0.25, 0.3) is 11.4 Å². The molecule has 0 atom stereocenters. The van der Waals surface area contributed by atoms with Crippen molar-refractivity contribution in [2.75, 3.05) is 15.8 Å². The molecule has 1 amide bonds. The highest BCUT2D eigenvalue weighted by Gasteiger charge is 2.17. The lowest BCUT2D eigenvalue weighted by Crippen LogP contribution is -2.16. The van der Waals surface area contributed by atoms with Crippen LogP contribution < -0.4 is 10.0 Å². The first-order chi connectivity index (χ1) is 17.7. The van der Waals surface area contributed by atoms with Gasteiger partial charge in [0, 0.05) is 41.9 Å². The van der Waals surface area contributed by atoms with Crippen molar-refractivity contribution >= 4 is 39.2 Å². The predicted octanol–water partition coefficient (Wildman–Crippen LogP) is 3.46. The van der Waals surface area contributed by atoms with Gasteiger partial charge in [-0.15, -0.1) is 16.8 Å². The fourth-order valence-corrected chi connectivity index (χ4v) is 5.15. The van der Waals surface area contributed by atoms with Crippen LogP contribution in [0.15, 0.2) is 77.6 Å². The van der Waals surface area contributed by atoms with Gasteiger partial charge in [-0.05, 0) is 50.2 Å². The first-order valence-electron chi connectivity index (χ1n) is 11.1. The maximum atomic E-state index is 12.7. The van der Waals surface area contributed by atoms with Crippen LogP contribution in [0, 0.1) is 13.8 Å². The highest BCUT2D eigenvalue weighted by atomic mass is 32.2. The van der Waals surface area contributed by atoms with Crippen LogP contribution in [0.5, 0.6) is 0 Å². The molecule has 1 aromatic carbocycles. The number of allylic oxidation sites excluding steroid dienone is 1. The molecule has 13 heteroatoms. The predicted molar refractivity (Wildman–Crippen MR) is 142 cm³/mol. The van der Waals surface area contributed by atoms with Crippen LogP contribution in [0.1, 0.15) is 11.5 Å². The Morgan fingerprint density at radius 3 is 2.59 bits per heavy atom. The van der Waals surface area contributed by atoms with Crippen LogP contribution in [-0.4, -0.2) is 49.8 Å². The average molecular weight is 537 g/mol. The normalized spacial score (nSPS) is 11.2. The second-order valence-corrected chi connectivity index (χ2v) is 10.5. The van der Waals surface area contributed by atoms with Crippen molar-refractivity contribution in [3.05, 3.63) is 79.0 Å². The van der Waals surface area contributed by atoms with Crippen molar-refractivity contribution in [1.82, 2.24) is 29.7 Å². The minimum Gasteiger partial charge on any atom is -0.325 e. The molecule has 0 aliphatic rings. The van der Waals surface area contributed by atoms with Gasteiger partial charge in [0.25, 0.3) is 10.0 Å². The summed E-state index contributed by atoms with van der Waals surface area (Å²) in [7, 11) is -3.86. The van der Waals surface area contributed by atoms with Crippen molar-refractivity contribution in [1.29, 1.82) is 0 Å². The number of sulfonamides is 1. The molecule has 0 bridgehead atoms. The Hall–Kier alpha value is -4.10. The number of rotatable bonds is 10. The lowest BCUT2D eigenvalue weighted by molar-refractivity contribution is -0.113. The summed E-state index contributed by atoms with van der Waals surface area (Å²) in [6.45, 7) is 7.69. The van der Waals surface area contributed by atoms with E-state index in [0.717, 1.165) is 5.56 Å². The molecule has 0 saturated heterocycles. The van der Waals surface area contributed by atoms with Crippen LogP contribution in [0.4, 0.5) is 11.5 Å². The molecule has 3 heterocycles. The minimum absolute atomic E-state index is 0.0363. The van der Waals surface area contributed by atoms with Gasteiger partial charge in [-0.2, -0.15) is 0 Å². The average Bonchev–Trinajstić information content (AvgIpc) is 3.25. The number of nitrogens with one attached hydrogen (secondary N) is 2. The zero-order chi connectivity index (χ0) is 26.4. The van der Waals surface area contributed by atoms with Gasteiger partial charge in [0.15, 0.2) is 11.0 Å². The number of carbonyl (C=O) groups is 1. The summed E-state index contributed by atoms with van der Waals surface area (Å²) in [6, 6.07) is 11.1. The second-order valence-electron chi connectivity index (χ2n) is 7.86. The first kappa shape index (κ1) is 26.0. The number of hydrogen-bond acceptors (Lipinski definition) is 9. The van der Waals surface area contributed by atoms with Gasteiger partial charge < -0.3 is 5.32 Å². The number of amides is 1. The van der Waals surface area contributed by atoms with Gasteiger partial charge in [-0.3, -0.25) is 19.1 Å². The Morgan fingerprint density at radius 2 is 1.92 bits per heavy atom. The molecule has 37 heavy (non-hydrogen) atoms. The Bertz CT molecular complexity index is 1500. The summed E-state index contributed by atoms with van der Waals surface area (Å²) < 4.78 is 29.7. The third-order valence-electron chi connectivity index (χ3n) is 4.93. The molecule has 0 unspecified atom stereocenters. The Labute approximate surface area is 218 Å². The molecule has 0 spiro atoms. The molecule has 4 aromatic rings. The third kappa shape index (κ3) is 6.57. The van der Waals surface area contributed by atoms with Crippen LogP contribution in [0.2, 0.25) is 0 Å². The van der Waals surface area contributed by atoms with Gasteiger partial charge >= 0.3 is 0 Å². The van der Waals surface area contributed by atoms with Crippen molar-refractivity contribution < 1.29 is 13.2 Å². The van der Waals surface area contributed by atoms with Crippen molar-refractivity contribution in [3.8, 4) is 11.4 Å². The Morgan fingerprint density at radius 1 is 1.14 bits per heavy atom. The van der Waals surface area contributed by atoms with E-state index in [-0.39, 0.29) is 22.4 Å². The molecular formula is C24H24N8O3S2. The topological polar surface area (TPSA) is 145 Å². The number of pyridine rings is 1. The SMILES string of the molecule is C=CCn1c(SCC(=O)Nc2ccc(S(=O)(=O)Nc3cc(C)nc(C)n3)cc2)nnc1-c1cccnc1. The third-order valence-corrected chi connectivity index (χ3v) is 7.27. The van der Waals surface area contributed by atoms with Gasteiger partial charge in [-0.1, -0.05) is 17.8 Å². The van der Waals surface area contributed by atoms with Crippen molar-refractivity contribution in [2.24, 2.45) is 0 Å². The van der Waals surface area contributed by atoms with Crippen molar-refractivity contribution in [3.63, 3.8) is 0 Å². The monoisotopic (exact) mass is 536 g/mol. The maximum absolute atomic E-state index is 12.7. The summed E-state index contributed by atoms with van der Waals surface area (Å²) in [5.74, 6) is 1.09. The Kier molecular flexibility index (Phi) is 7.94. The summed E-state index contributed by atoms with van der Waals surface area (Å²) in [6.07, 6.45) is 5.10. The molecular weight excluding hydrogens is 512 g/mol. The highest BCUT2D eigenvalue weighted by molar-refractivity contribution is 7.99. The van der Waals surface area contributed by atoms with Crippen molar-refractivity contribution in [2.45, 2.75) is 30.4 Å². The number of anilines is 2. The summed E-state index contributed by atoms with van der Waals surface area (Å²) in [4.78, 5) is 24.9. The van der Waals surface area contributed by atoms with E-state index < -0.39 is 10.0 Å². The van der Waals surface area contributed by atoms with E-state index in [1.165, 1.54) is 36.0 Å². The van der Waals surface area contributed by atoms with E-state index in [4.69, 9.17) is 0 Å². The van der Waals surface area contributed by atoms with Gasteiger partial charge in [0.05, 0.1) is 10.6 Å². The van der Waals surface area contributed by atoms with E-state index >= 15 is 0 Å². The van der Waals surface area contributed by atoms with Gasteiger partial charge in [0.1, 0.15) is 11.6 Å². The molecule has 11 nitrogen and oxygen atoms in total. The van der Waals surface area contributed by atoms with Gasteiger partial charge in [0.2, 0.25) is 5.91 Å². The molecule has 0 aliphatic heterocycles. The molecule has 4 rings (SSSR count). The molecule has 190 valence electrons. The summed E-state index contributed by atoms with van der Waals surface area (Å²) in [5.41, 5.74) is 1.92. The number of carbonyl (C=O) groups excluding carboxylic acids is 1. The van der Waals surface area contributed by atoms with Crippen LogP contribution >= 0.6 is 11.8 Å². The molecule has 0 fully saturated rings. The van der Waals surface area contributed by atoms with E-state index in [9.17, 15) is 13.2 Å². The summed E-state index contributed by atoms with van der Waals surface area (Å²) >= 11 is 1.23. The smallest absolute Gasteiger partial charge is 0.263 e. The largest absolute Gasteiger partial charge is 0.325 e. The lowest BCUT2D eigenvalue weighted by atomic mass is 10.3. The van der Waals surface area contributed by atoms with Gasteiger partial charge in [-0.25, -0.2) is 18.4 Å². The zero-order valence-corrected chi connectivity index (χ0v) is 21.8. The fraction of sp³-hybridized carbons (Fsp3) is 0.167. The minimum atomic E-state index is -3.86. The highest BCUT2D eigenvalue weighted by Crippen LogP contribution is 2.24. The fourth-order valence-electron chi connectivity index (χ4n) is 3.41. The van der Waals surface area contributed by atoms with E-state index in [1.807, 2.05) is 16.7 Å². The van der Waals surface area contributed by atoms with Crippen LogP contribution in [-0.2, 0) is 21.4 Å². The number of aryl methyl sites for hydroxylation is 2. The van der Waals surface area contributed by atoms with E-state index in [0.29, 0.717) is 34.7 Å². The molecule has 0 saturated carbocycles. The zero-order valence-electron chi connectivity index (χ0n) is 20.1. The Balaban J connectivity index is 1.39.